The van der Waals surface area contributed by atoms with Gasteiger partial charge in [-0.3, -0.25) is 14.4 Å². The van der Waals surface area contributed by atoms with Gasteiger partial charge in [0, 0.05) is 30.4 Å². The summed E-state index contributed by atoms with van der Waals surface area (Å²) in [6.07, 6.45) is 2.56. The zero-order valence-corrected chi connectivity index (χ0v) is 32.7. The smallest absolute Gasteiger partial charge is 0.312 e. The highest BCUT2D eigenvalue weighted by molar-refractivity contribution is 5.98. The van der Waals surface area contributed by atoms with Gasteiger partial charge in [-0.1, -0.05) is 58.5 Å². The average Bonchev–Trinajstić information content (AvgIpc) is 3.56. The Labute approximate surface area is 313 Å². The van der Waals surface area contributed by atoms with Gasteiger partial charge < -0.3 is 46.5 Å². The normalized spacial score (nSPS) is 12.8. The molecule has 4 amide bonds. The van der Waals surface area contributed by atoms with Gasteiger partial charge in [-0.15, -0.1) is 5.10 Å². The average molecular weight is 744 g/mol. The fraction of sp³-hybridized carbons (Fsp3) is 0.622. The van der Waals surface area contributed by atoms with E-state index in [4.69, 9.17) is 19.9 Å². The van der Waals surface area contributed by atoms with Gasteiger partial charge in [0.1, 0.15) is 18.7 Å². The Balaban J connectivity index is 1.82. The molecule has 0 saturated carbocycles. The third-order valence-corrected chi connectivity index (χ3v) is 7.81. The van der Waals surface area contributed by atoms with Crippen molar-refractivity contribution in [2.75, 3.05) is 44.8 Å². The second kappa shape index (κ2) is 21.7. The lowest BCUT2D eigenvalue weighted by molar-refractivity contribution is -0.154. The summed E-state index contributed by atoms with van der Waals surface area (Å²) in [6, 6.07) is 4.59. The Morgan fingerprint density at radius 2 is 1.55 bits per heavy atom. The van der Waals surface area contributed by atoms with Crippen molar-refractivity contribution < 1.29 is 33.4 Å². The Bertz CT molecular complexity index is 1460. The maximum atomic E-state index is 13.5. The molecule has 0 bridgehead atoms. The van der Waals surface area contributed by atoms with Crippen molar-refractivity contribution >= 4 is 29.5 Å². The molecule has 16 nitrogen and oxygen atoms in total. The molecule has 16 heteroatoms. The monoisotopic (exact) mass is 743 g/mol. The van der Waals surface area contributed by atoms with Crippen molar-refractivity contribution in [1.82, 2.24) is 36.3 Å². The Morgan fingerprint density at radius 1 is 0.887 bits per heavy atom. The lowest BCUT2D eigenvalue weighted by Gasteiger charge is -2.27. The summed E-state index contributed by atoms with van der Waals surface area (Å²) < 4.78 is 18.4. The first kappa shape index (κ1) is 44.5. The predicted molar refractivity (Wildman–Crippen MR) is 202 cm³/mol. The molecule has 0 aliphatic heterocycles. The molecule has 0 fully saturated rings. The minimum atomic E-state index is -0.915. The lowest BCUT2D eigenvalue weighted by Crippen LogP contribution is -2.54. The number of urea groups is 1. The third-order valence-electron chi connectivity index (χ3n) is 7.81. The van der Waals surface area contributed by atoms with E-state index < -0.39 is 35.3 Å². The second-order valence-electron chi connectivity index (χ2n) is 15.1. The third kappa shape index (κ3) is 17.6. The number of anilines is 1. The van der Waals surface area contributed by atoms with E-state index in [9.17, 15) is 19.2 Å². The Kier molecular flexibility index (Phi) is 18.2. The van der Waals surface area contributed by atoms with E-state index in [0.29, 0.717) is 57.4 Å². The molecule has 2 aromatic rings. The molecule has 2 atom stereocenters. The fourth-order valence-electron chi connectivity index (χ4n) is 4.61. The summed E-state index contributed by atoms with van der Waals surface area (Å²) in [5.41, 5.74) is 6.71. The lowest BCUT2D eigenvalue weighted by atomic mass is 9.93. The van der Waals surface area contributed by atoms with Crippen molar-refractivity contribution in [1.29, 1.82) is 0 Å². The van der Waals surface area contributed by atoms with Crippen LogP contribution >= 0.6 is 0 Å². The van der Waals surface area contributed by atoms with E-state index in [1.807, 2.05) is 20.0 Å². The molecular weight excluding hydrogens is 682 g/mol. The van der Waals surface area contributed by atoms with Crippen molar-refractivity contribution in [2.24, 2.45) is 17.1 Å². The van der Waals surface area contributed by atoms with Crippen LogP contribution in [-0.4, -0.2) is 90.4 Å². The number of hydrogen-bond donors (Lipinski definition) is 6. The van der Waals surface area contributed by atoms with Crippen LogP contribution in [0.1, 0.15) is 79.5 Å². The molecule has 1 aromatic carbocycles. The van der Waals surface area contributed by atoms with Crippen LogP contribution in [0, 0.1) is 11.3 Å². The van der Waals surface area contributed by atoms with Crippen LogP contribution in [0.2, 0.25) is 0 Å². The molecule has 53 heavy (non-hydrogen) atoms. The number of primary amides is 1. The number of nitrogens with one attached hydrogen (secondary N) is 5. The first-order valence-corrected chi connectivity index (χ1v) is 18.0. The van der Waals surface area contributed by atoms with Crippen LogP contribution in [0.5, 0.6) is 0 Å². The Morgan fingerprint density at radius 3 is 2.13 bits per heavy atom. The number of hydrogen-bond acceptors (Lipinski definition) is 11. The summed E-state index contributed by atoms with van der Waals surface area (Å²) in [4.78, 5) is 50.2. The molecule has 0 saturated heterocycles. The molecule has 1 aromatic heterocycles. The molecule has 0 spiro atoms. The predicted octanol–water partition coefficient (Wildman–Crippen LogP) is 2.95. The van der Waals surface area contributed by atoms with Gasteiger partial charge >= 0.3 is 12.0 Å². The van der Waals surface area contributed by atoms with Gasteiger partial charge in [0.25, 0.3) is 0 Å². The summed E-state index contributed by atoms with van der Waals surface area (Å²) in [7, 11) is 0. The number of esters is 1. The minimum absolute atomic E-state index is 0.0538. The number of nitrogens with two attached hydrogens (primary N) is 1. The number of amides is 4. The maximum absolute atomic E-state index is 13.5. The largest absolute Gasteiger partial charge is 0.460 e. The van der Waals surface area contributed by atoms with Gasteiger partial charge in [0.05, 0.1) is 49.9 Å². The van der Waals surface area contributed by atoms with Gasteiger partial charge in [-0.2, -0.15) is 0 Å². The van der Waals surface area contributed by atoms with E-state index in [1.54, 1.807) is 49.7 Å². The highest BCUT2D eigenvalue weighted by Crippen LogP contribution is 2.19. The van der Waals surface area contributed by atoms with Crippen LogP contribution in [-0.2, 0) is 47.2 Å². The Hall–Kier alpha value is -4.70. The van der Waals surface area contributed by atoms with Crippen molar-refractivity contribution in [3.05, 3.63) is 54.1 Å². The maximum Gasteiger partial charge on any atom is 0.312 e. The van der Waals surface area contributed by atoms with Gasteiger partial charge in [-0.25, -0.2) is 9.48 Å². The van der Waals surface area contributed by atoms with E-state index in [0.717, 1.165) is 11.3 Å². The second-order valence-corrected chi connectivity index (χ2v) is 15.1. The molecule has 1 heterocycles. The topological polar surface area (TPSA) is 213 Å². The van der Waals surface area contributed by atoms with Crippen LogP contribution in [0.3, 0.4) is 0 Å². The number of nitrogens with zero attached hydrogens (tertiary/aromatic N) is 3. The number of benzene rings is 1. The van der Waals surface area contributed by atoms with E-state index in [1.165, 1.54) is 0 Å². The summed E-state index contributed by atoms with van der Waals surface area (Å²) in [5.74, 6) is -0.861. The number of rotatable bonds is 23. The molecule has 0 aliphatic rings. The van der Waals surface area contributed by atoms with Crippen molar-refractivity contribution in [3.63, 3.8) is 0 Å². The quantitative estimate of drug-likeness (QED) is 0.0720. The number of aromatic nitrogens is 3. The van der Waals surface area contributed by atoms with E-state index in [2.05, 4.69) is 64.2 Å². The number of ether oxygens (including phenoxy) is 3. The first-order valence-electron chi connectivity index (χ1n) is 18.0. The fourth-order valence-corrected chi connectivity index (χ4v) is 4.61. The molecule has 0 unspecified atom stereocenters. The summed E-state index contributed by atoms with van der Waals surface area (Å²) >= 11 is 0. The molecule has 2 rings (SSSR count). The molecule has 296 valence electrons. The standard InChI is InChI=1S/C37H61N9O7/c1-25(2)31(41-26(3)39-17-19-51-21-22-52-20-18-46-23-30(44-45-46)36(4,5)6)33(48)43-29(11-10-16-40-35(38)50)32(47)42-28-14-12-27(13-15-28)24-53-34(49)37(7,8)9/h12-15,23,25,29,31,39,41H,3,10-11,16-22,24H2,1-2,4-9H3,(H,42,47)(H,43,48)(H3,38,40,50)/t29-,31-/m0/s1. The molecule has 7 N–H and O–H groups in total. The van der Waals surface area contributed by atoms with Gasteiger partial charge in [0.15, 0.2) is 0 Å². The molecular formula is C37H61N9O7. The summed E-state index contributed by atoms with van der Waals surface area (Å²) in [6.45, 7) is 22.5. The zero-order valence-electron chi connectivity index (χ0n) is 32.7. The van der Waals surface area contributed by atoms with E-state index in [-0.39, 0.29) is 36.9 Å². The van der Waals surface area contributed by atoms with E-state index >= 15 is 0 Å². The highest BCUT2D eigenvalue weighted by atomic mass is 16.5. The van der Waals surface area contributed by atoms with Crippen LogP contribution in [0.25, 0.3) is 0 Å². The van der Waals surface area contributed by atoms with Crippen LogP contribution in [0.15, 0.2) is 42.9 Å². The summed E-state index contributed by atoms with van der Waals surface area (Å²) in [5, 5.41) is 22.8. The van der Waals surface area contributed by atoms with Crippen LogP contribution < -0.4 is 32.3 Å². The SMILES string of the molecule is C=C(NCCOCCOCCn1cc(C(C)(C)C)nn1)N[C@H](C(=O)N[C@@H](CCCNC(N)=O)C(=O)Nc1ccc(COC(=O)C(C)(C)C)cc1)C(C)C. The van der Waals surface area contributed by atoms with Crippen molar-refractivity contribution in [3.8, 4) is 0 Å². The minimum Gasteiger partial charge on any atom is -0.460 e. The van der Waals surface area contributed by atoms with Crippen molar-refractivity contribution in [2.45, 2.75) is 98.9 Å². The molecule has 0 radical (unpaired) electrons. The first-order chi connectivity index (χ1) is 24.9. The highest BCUT2D eigenvalue weighted by Gasteiger charge is 2.28. The van der Waals surface area contributed by atoms with Gasteiger partial charge in [0.2, 0.25) is 11.8 Å². The zero-order chi connectivity index (χ0) is 39.6. The van der Waals surface area contributed by atoms with Gasteiger partial charge in [-0.05, 0) is 57.2 Å². The number of carbonyl (C=O) groups is 4. The van der Waals surface area contributed by atoms with Crippen LogP contribution in [0.4, 0.5) is 10.5 Å². The number of carbonyl (C=O) groups excluding carboxylic acids is 4. The molecule has 0 aliphatic carbocycles.